The number of hydrogen-bond donors (Lipinski definition) is 0. The predicted molar refractivity (Wildman–Crippen MR) is 139 cm³/mol. The Balaban J connectivity index is 1.53. The monoisotopic (exact) mass is 491 g/mol. The molecule has 1 atom stereocenters. The molecule has 1 unspecified atom stereocenters. The maximum absolute atomic E-state index is 13.2. The van der Waals surface area contributed by atoms with Gasteiger partial charge in [0.2, 0.25) is 0 Å². The summed E-state index contributed by atoms with van der Waals surface area (Å²) >= 11 is 6.87. The minimum Gasteiger partial charge on any atom is -0.496 e. The summed E-state index contributed by atoms with van der Waals surface area (Å²) in [5, 5.41) is 4.88. The number of carbonyl (C=O) groups is 1. The Morgan fingerprint density at radius 3 is 2.79 bits per heavy atom. The van der Waals surface area contributed by atoms with E-state index in [0.717, 1.165) is 53.3 Å². The SMILES string of the molecule is COc1ccc(-c2nn(-c3ccccc3)cc2/C=C2/SC(=S)N(CC3CCCO3)C2=O)cc1C. The standard InChI is InChI=1S/C26H25N3O3S2/c1-17-13-18(10-11-22(17)31-2)24-19(15-29(27-24)20-7-4-3-5-8-20)14-23-25(30)28(26(33)34-23)16-21-9-6-12-32-21/h3-5,7-8,10-11,13-15,21H,6,9,12,16H2,1-2H3/b23-14+. The quantitative estimate of drug-likeness (QED) is 0.347. The van der Waals surface area contributed by atoms with Gasteiger partial charge in [-0.3, -0.25) is 9.69 Å². The van der Waals surface area contributed by atoms with Gasteiger partial charge in [-0.15, -0.1) is 0 Å². The van der Waals surface area contributed by atoms with E-state index in [0.29, 0.717) is 15.8 Å². The highest BCUT2D eigenvalue weighted by Crippen LogP contribution is 2.36. The van der Waals surface area contributed by atoms with E-state index in [1.165, 1.54) is 11.8 Å². The molecule has 8 heteroatoms. The Morgan fingerprint density at radius 2 is 2.09 bits per heavy atom. The number of benzene rings is 2. The van der Waals surface area contributed by atoms with Crippen molar-refractivity contribution in [2.45, 2.75) is 25.9 Å². The molecule has 6 nitrogen and oxygen atoms in total. The predicted octanol–water partition coefficient (Wildman–Crippen LogP) is 5.24. The molecule has 0 radical (unpaired) electrons. The van der Waals surface area contributed by atoms with Crippen LogP contribution < -0.4 is 4.74 Å². The van der Waals surface area contributed by atoms with Crippen molar-refractivity contribution in [2.75, 3.05) is 20.3 Å². The lowest BCUT2D eigenvalue weighted by molar-refractivity contribution is -0.123. The molecule has 1 amide bonds. The van der Waals surface area contributed by atoms with Gasteiger partial charge in [0, 0.05) is 23.9 Å². The van der Waals surface area contributed by atoms with Crippen LogP contribution in [0, 0.1) is 6.92 Å². The maximum Gasteiger partial charge on any atom is 0.266 e. The van der Waals surface area contributed by atoms with Crippen molar-refractivity contribution in [1.82, 2.24) is 14.7 Å². The number of ether oxygens (including phenoxy) is 2. The maximum atomic E-state index is 13.2. The lowest BCUT2D eigenvalue weighted by Crippen LogP contribution is -2.35. The second-order valence-corrected chi connectivity index (χ2v) is 10.0. The number of para-hydroxylation sites is 1. The van der Waals surface area contributed by atoms with E-state index < -0.39 is 0 Å². The van der Waals surface area contributed by atoms with Gasteiger partial charge >= 0.3 is 0 Å². The summed E-state index contributed by atoms with van der Waals surface area (Å²) in [5.41, 5.74) is 4.56. The summed E-state index contributed by atoms with van der Waals surface area (Å²) in [5.74, 6) is 0.748. The van der Waals surface area contributed by atoms with Gasteiger partial charge in [0.05, 0.1) is 30.4 Å². The van der Waals surface area contributed by atoms with Crippen LogP contribution in [0.15, 0.2) is 59.6 Å². The van der Waals surface area contributed by atoms with Crippen LogP contribution in [0.3, 0.4) is 0 Å². The molecule has 0 spiro atoms. The molecule has 2 saturated heterocycles. The lowest BCUT2D eigenvalue weighted by Gasteiger charge is -2.18. The molecule has 0 aliphatic carbocycles. The van der Waals surface area contributed by atoms with E-state index in [-0.39, 0.29) is 12.0 Å². The fourth-order valence-corrected chi connectivity index (χ4v) is 5.51. The summed E-state index contributed by atoms with van der Waals surface area (Å²) < 4.78 is 13.6. The van der Waals surface area contributed by atoms with Crippen LogP contribution in [0.5, 0.6) is 5.75 Å². The van der Waals surface area contributed by atoms with Crippen molar-refractivity contribution in [1.29, 1.82) is 0 Å². The third-order valence-electron chi connectivity index (χ3n) is 6.00. The molecule has 1 aromatic heterocycles. The van der Waals surface area contributed by atoms with Crippen LogP contribution in [-0.2, 0) is 9.53 Å². The Labute approximate surface area is 208 Å². The number of hydrogen-bond acceptors (Lipinski definition) is 6. The molecule has 0 N–H and O–H groups in total. The van der Waals surface area contributed by atoms with Gasteiger partial charge in [-0.1, -0.05) is 42.2 Å². The van der Waals surface area contributed by atoms with Gasteiger partial charge in [0.15, 0.2) is 0 Å². The zero-order valence-electron chi connectivity index (χ0n) is 19.1. The number of nitrogens with zero attached hydrogens (tertiary/aromatic N) is 3. The Bertz CT molecular complexity index is 1260. The molecule has 0 bridgehead atoms. The summed E-state index contributed by atoms with van der Waals surface area (Å²) in [7, 11) is 1.66. The normalized spacial score (nSPS) is 19.4. The van der Waals surface area contributed by atoms with Gasteiger partial charge < -0.3 is 9.47 Å². The van der Waals surface area contributed by atoms with E-state index in [1.807, 2.05) is 66.3 Å². The van der Waals surface area contributed by atoms with Crippen LogP contribution in [0.4, 0.5) is 0 Å². The third-order valence-corrected chi connectivity index (χ3v) is 7.38. The van der Waals surface area contributed by atoms with Crippen LogP contribution in [0.1, 0.15) is 24.0 Å². The first-order valence-corrected chi connectivity index (χ1v) is 12.4. The van der Waals surface area contributed by atoms with Crippen molar-refractivity contribution >= 4 is 40.3 Å². The van der Waals surface area contributed by atoms with E-state index in [1.54, 1.807) is 12.0 Å². The van der Waals surface area contributed by atoms with Crippen molar-refractivity contribution in [3.8, 4) is 22.7 Å². The number of rotatable bonds is 6. The highest BCUT2D eigenvalue weighted by molar-refractivity contribution is 8.26. The fourth-order valence-electron chi connectivity index (χ4n) is 4.25. The first-order valence-electron chi connectivity index (χ1n) is 11.2. The number of thiocarbonyl (C=S) groups is 1. The molecule has 2 fully saturated rings. The second-order valence-electron chi connectivity index (χ2n) is 8.32. The first kappa shape index (κ1) is 22.8. The highest BCUT2D eigenvalue weighted by atomic mass is 32.2. The lowest BCUT2D eigenvalue weighted by atomic mass is 10.0. The molecule has 3 aromatic rings. The second kappa shape index (κ2) is 9.74. The minimum absolute atomic E-state index is 0.0560. The highest BCUT2D eigenvalue weighted by Gasteiger charge is 2.35. The molecule has 0 saturated carbocycles. The smallest absolute Gasteiger partial charge is 0.266 e. The number of methoxy groups -OCH3 is 1. The van der Waals surface area contributed by atoms with E-state index in [2.05, 4.69) is 6.07 Å². The van der Waals surface area contributed by atoms with Crippen LogP contribution in [-0.4, -0.2) is 51.3 Å². The number of aryl methyl sites for hydroxylation is 1. The van der Waals surface area contributed by atoms with Crippen molar-refractivity contribution in [2.24, 2.45) is 0 Å². The molecular formula is C26H25N3O3S2. The molecular weight excluding hydrogens is 466 g/mol. The average Bonchev–Trinajstić information content (AvgIpc) is 3.57. The third kappa shape index (κ3) is 4.53. The average molecular weight is 492 g/mol. The summed E-state index contributed by atoms with van der Waals surface area (Å²) in [6.07, 6.45) is 5.90. The largest absolute Gasteiger partial charge is 0.496 e. The van der Waals surface area contributed by atoms with Crippen molar-refractivity contribution < 1.29 is 14.3 Å². The van der Waals surface area contributed by atoms with Gasteiger partial charge in [-0.25, -0.2) is 4.68 Å². The fraction of sp³-hybridized carbons (Fsp3) is 0.269. The summed E-state index contributed by atoms with van der Waals surface area (Å²) in [6.45, 7) is 3.26. The Kier molecular flexibility index (Phi) is 6.54. The number of amides is 1. The van der Waals surface area contributed by atoms with Crippen LogP contribution >= 0.6 is 24.0 Å². The summed E-state index contributed by atoms with van der Waals surface area (Å²) in [4.78, 5) is 15.5. The molecule has 2 aliphatic rings. The van der Waals surface area contributed by atoms with Crippen LogP contribution in [0.2, 0.25) is 0 Å². The van der Waals surface area contributed by atoms with Crippen molar-refractivity contribution in [3.63, 3.8) is 0 Å². The van der Waals surface area contributed by atoms with Gasteiger partial charge in [0.1, 0.15) is 15.8 Å². The van der Waals surface area contributed by atoms with E-state index in [4.69, 9.17) is 26.8 Å². The number of aromatic nitrogens is 2. The Morgan fingerprint density at radius 1 is 1.26 bits per heavy atom. The summed E-state index contributed by atoms with van der Waals surface area (Å²) in [6, 6.07) is 15.9. The van der Waals surface area contributed by atoms with Gasteiger partial charge in [-0.05, 0) is 61.7 Å². The minimum atomic E-state index is -0.0742. The molecule has 174 valence electrons. The molecule has 34 heavy (non-hydrogen) atoms. The van der Waals surface area contributed by atoms with Crippen molar-refractivity contribution in [3.05, 3.63) is 70.8 Å². The van der Waals surface area contributed by atoms with Gasteiger partial charge in [0.25, 0.3) is 5.91 Å². The van der Waals surface area contributed by atoms with Crippen LogP contribution in [0.25, 0.3) is 23.0 Å². The van der Waals surface area contributed by atoms with E-state index in [9.17, 15) is 4.79 Å². The number of thioether (sulfide) groups is 1. The first-order chi connectivity index (χ1) is 16.5. The Hall–Kier alpha value is -2.94. The molecule has 5 rings (SSSR count). The zero-order valence-corrected chi connectivity index (χ0v) is 20.7. The molecule has 3 heterocycles. The molecule has 2 aromatic carbocycles. The number of carbonyl (C=O) groups excluding carboxylic acids is 1. The van der Waals surface area contributed by atoms with E-state index >= 15 is 0 Å². The topological polar surface area (TPSA) is 56.6 Å². The van der Waals surface area contributed by atoms with Gasteiger partial charge in [-0.2, -0.15) is 5.10 Å². The zero-order chi connectivity index (χ0) is 23.7. The molecule has 2 aliphatic heterocycles.